The number of rotatable bonds is 1. The van der Waals surface area contributed by atoms with Crippen molar-refractivity contribution < 1.29 is 19.4 Å². The van der Waals surface area contributed by atoms with Crippen molar-refractivity contribution in [3.05, 3.63) is 0 Å². The summed E-state index contributed by atoms with van der Waals surface area (Å²) in [6, 6.07) is 0. The van der Waals surface area contributed by atoms with E-state index in [4.69, 9.17) is 10.5 Å². The van der Waals surface area contributed by atoms with Gasteiger partial charge >= 0.3 is 6.09 Å². The van der Waals surface area contributed by atoms with Crippen molar-refractivity contribution in [2.45, 2.75) is 38.9 Å². The molecule has 0 aromatic carbocycles. The maximum absolute atomic E-state index is 11.7. The highest BCUT2D eigenvalue weighted by molar-refractivity contribution is 5.78. The minimum Gasteiger partial charge on any atom is -0.444 e. The number of primary amides is 1. The molecule has 0 aliphatic carbocycles. The highest BCUT2D eigenvalue weighted by Crippen LogP contribution is 2.19. The summed E-state index contributed by atoms with van der Waals surface area (Å²) in [5, 5.41) is 9.71. The fraction of sp³-hybridized carbons (Fsp3) is 0.818. The number of carbonyl (C=O) groups excluding carboxylic acids is 2. The zero-order valence-corrected chi connectivity index (χ0v) is 10.5. The number of carbonyl (C=O) groups is 2. The first kappa shape index (κ1) is 13.8. The first-order chi connectivity index (χ1) is 7.70. The summed E-state index contributed by atoms with van der Waals surface area (Å²) < 4.78 is 5.18. The number of nitrogens with two attached hydrogens (primary N) is 1. The fourth-order valence-corrected chi connectivity index (χ4v) is 1.76. The Kier molecular flexibility index (Phi) is 3.98. The Hall–Kier alpha value is -1.30. The van der Waals surface area contributed by atoms with Crippen molar-refractivity contribution in [3.63, 3.8) is 0 Å². The number of β-amino-alcohol motifs (C(OH)–C–C–N with tert-alkyl or cyclic N) is 1. The molecule has 0 aromatic rings. The molecular weight excluding hydrogens is 224 g/mol. The molecule has 6 nitrogen and oxygen atoms in total. The Morgan fingerprint density at radius 3 is 2.41 bits per heavy atom. The number of aliphatic hydroxyl groups excluding tert-OH is 1. The van der Waals surface area contributed by atoms with Crippen LogP contribution in [0.5, 0.6) is 0 Å². The molecule has 98 valence electrons. The second-order valence-corrected chi connectivity index (χ2v) is 5.29. The number of ether oxygens (including phenoxy) is 1. The van der Waals surface area contributed by atoms with E-state index in [1.807, 2.05) is 0 Å². The molecule has 6 heteroatoms. The SMILES string of the molecule is CC(C)(C)OC(=O)N1CCC(C(N)=O)C(O)C1. The van der Waals surface area contributed by atoms with Gasteiger partial charge in [0.2, 0.25) is 5.91 Å². The van der Waals surface area contributed by atoms with Gasteiger partial charge in [0.1, 0.15) is 5.60 Å². The van der Waals surface area contributed by atoms with Crippen LogP contribution in [0.1, 0.15) is 27.2 Å². The summed E-state index contributed by atoms with van der Waals surface area (Å²) in [4.78, 5) is 24.1. The van der Waals surface area contributed by atoms with Gasteiger partial charge in [-0.25, -0.2) is 4.79 Å². The Bertz CT molecular complexity index is 311. The van der Waals surface area contributed by atoms with Crippen LogP contribution in [-0.2, 0) is 9.53 Å². The number of nitrogens with zero attached hydrogens (tertiary/aromatic N) is 1. The lowest BCUT2D eigenvalue weighted by molar-refractivity contribution is -0.128. The summed E-state index contributed by atoms with van der Waals surface area (Å²) in [7, 11) is 0. The van der Waals surface area contributed by atoms with Crippen LogP contribution in [0, 0.1) is 5.92 Å². The van der Waals surface area contributed by atoms with Gasteiger partial charge in [0, 0.05) is 6.54 Å². The minimum absolute atomic E-state index is 0.0858. The van der Waals surface area contributed by atoms with Crippen LogP contribution in [0.2, 0.25) is 0 Å². The molecule has 1 aliphatic rings. The molecule has 0 aromatic heterocycles. The summed E-state index contributed by atoms with van der Waals surface area (Å²) in [6.07, 6.45) is -1.01. The number of amides is 2. The Morgan fingerprint density at radius 2 is 2.00 bits per heavy atom. The Balaban J connectivity index is 2.55. The highest BCUT2D eigenvalue weighted by atomic mass is 16.6. The monoisotopic (exact) mass is 244 g/mol. The number of likely N-dealkylation sites (tertiary alicyclic amines) is 1. The van der Waals surface area contributed by atoms with E-state index in [1.165, 1.54) is 4.90 Å². The quantitative estimate of drug-likeness (QED) is 0.683. The molecule has 2 amide bonds. The maximum atomic E-state index is 11.7. The van der Waals surface area contributed by atoms with Crippen molar-refractivity contribution in [2.75, 3.05) is 13.1 Å². The van der Waals surface area contributed by atoms with E-state index >= 15 is 0 Å². The first-order valence-corrected chi connectivity index (χ1v) is 5.66. The van der Waals surface area contributed by atoms with E-state index in [1.54, 1.807) is 20.8 Å². The second-order valence-electron chi connectivity index (χ2n) is 5.29. The largest absolute Gasteiger partial charge is 0.444 e. The van der Waals surface area contributed by atoms with Gasteiger partial charge in [-0.15, -0.1) is 0 Å². The highest BCUT2D eigenvalue weighted by Gasteiger charge is 2.34. The summed E-state index contributed by atoms with van der Waals surface area (Å²) in [6.45, 7) is 5.79. The normalized spacial score (nSPS) is 25.5. The van der Waals surface area contributed by atoms with Crippen molar-refractivity contribution in [1.82, 2.24) is 4.90 Å². The van der Waals surface area contributed by atoms with Crippen LogP contribution >= 0.6 is 0 Å². The fourth-order valence-electron chi connectivity index (χ4n) is 1.76. The molecule has 1 fully saturated rings. The molecule has 1 heterocycles. The smallest absolute Gasteiger partial charge is 0.410 e. The standard InChI is InChI=1S/C11H20N2O4/c1-11(2,3)17-10(16)13-5-4-7(9(12)15)8(14)6-13/h7-8,14H,4-6H2,1-3H3,(H2,12,15). The summed E-state index contributed by atoms with van der Waals surface area (Å²) in [5.41, 5.74) is 4.58. The Morgan fingerprint density at radius 1 is 1.41 bits per heavy atom. The number of piperidine rings is 1. The molecule has 3 N–H and O–H groups in total. The second kappa shape index (κ2) is 4.91. The van der Waals surface area contributed by atoms with Crippen LogP contribution < -0.4 is 5.73 Å². The van der Waals surface area contributed by atoms with Gasteiger partial charge in [-0.3, -0.25) is 4.79 Å². The van der Waals surface area contributed by atoms with Crippen molar-refractivity contribution in [1.29, 1.82) is 0 Å². The van der Waals surface area contributed by atoms with Crippen LogP contribution in [-0.4, -0.2) is 46.8 Å². The van der Waals surface area contributed by atoms with E-state index < -0.39 is 29.6 Å². The molecule has 0 spiro atoms. The number of hydrogen-bond acceptors (Lipinski definition) is 4. The summed E-state index contributed by atoms with van der Waals surface area (Å²) in [5.74, 6) is -1.10. The molecule has 2 unspecified atom stereocenters. The van der Waals surface area contributed by atoms with E-state index in [2.05, 4.69) is 0 Å². The van der Waals surface area contributed by atoms with Crippen molar-refractivity contribution in [2.24, 2.45) is 11.7 Å². The van der Waals surface area contributed by atoms with E-state index in [0.29, 0.717) is 13.0 Å². The minimum atomic E-state index is -0.909. The maximum Gasteiger partial charge on any atom is 0.410 e. The molecule has 0 radical (unpaired) electrons. The van der Waals surface area contributed by atoms with Gasteiger partial charge in [-0.05, 0) is 27.2 Å². The lowest BCUT2D eigenvalue weighted by atomic mass is 9.93. The van der Waals surface area contributed by atoms with Gasteiger partial charge in [0.05, 0.1) is 18.6 Å². The molecular formula is C11H20N2O4. The molecule has 0 bridgehead atoms. The third-order valence-electron chi connectivity index (χ3n) is 2.60. The van der Waals surface area contributed by atoms with Gasteiger partial charge < -0.3 is 20.5 Å². The lowest BCUT2D eigenvalue weighted by Gasteiger charge is -2.35. The van der Waals surface area contributed by atoms with Crippen molar-refractivity contribution >= 4 is 12.0 Å². The average Bonchev–Trinajstić information content (AvgIpc) is 2.14. The third kappa shape index (κ3) is 3.89. The number of aliphatic hydroxyl groups is 1. The predicted molar refractivity (Wildman–Crippen MR) is 61.1 cm³/mol. The van der Waals surface area contributed by atoms with Crippen LogP contribution in [0.3, 0.4) is 0 Å². The number of hydrogen-bond donors (Lipinski definition) is 2. The average molecular weight is 244 g/mol. The van der Waals surface area contributed by atoms with Gasteiger partial charge in [0.25, 0.3) is 0 Å². The molecule has 2 atom stereocenters. The van der Waals surface area contributed by atoms with Gasteiger partial charge in [-0.2, -0.15) is 0 Å². The predicted octanol–water partition coefficient (Wildman–Crippen LogP) is 0.0896. The molecule has 0 saturated carbocycles. The van der Waals surface area contributed by atoms with E-state index in [9.17, 15) is 14.7 Å². The van der Waals surface area contributed by atoms with E-state index in [-0.39, 0.29) is 6.54 Å². The van der Waals surface area contributed by atoms with Gasteiger partial charge in [-0.1, -0.05) is 0 Å². The molecule has 1 saturated heterocycles. The van der Waals surface area contributed by atoms with Crippen LogP contribution in [0.4, 0.5) is 4.79 Å². The topological polar surface area (TPSA) is 92.9 Å². The third-order valence-corrected chi connectivity index (χ3v) is 2.60. The lowest BCUT2D eigenvalue weighted by Crippen LogP contribution is -2.51. The van der Waals surface area contributed by atoms with Gasteiger partial charge in [0.15, 0.2) is 0 Å². The van der Waals surface area contributed by atoms with E-state index in [0.717, 1.165) is 0 Å². The van der Waals surface area contributed by atoms with Crippen LogP contribution in [0.25, 0.3) is 0 Å². The Labute approximate surface area is 101 Å². The molecule has 1 rings (SSSR count). The van der Waals surface area contributed by atoms with Crippen LogP contribution in [0.15, 0.2) is 0 Å². The zero-order valence-electron chi connectivity index (χ0n) is 10.5. The first-order valence-electron chi connectivity index (χ1n) is 5.66. The molecule has 1 aliphatic heterocycles. The summed E-state index contributed by atoms with van der Waals surface area (Å²) >= 11 is 0. The zero-order chi connectivity index (χ0) is 13.2. The molecule has 17 heavy (non-hydrogen) atoms. The van der Waals surface area contributed by atoms with Crippen molar-refractivity contribution in [3.8, 4) is 0 Å².